The Labute approximate surface area is 84.4 Å². The van der Waals surface area contributed by atoms with Gasteiger partial charge in [-0.2, -0.15) is 0 Å². The lowest BCUT2D eigenvalue weighted by molar-refractivity contribution is -0.115. The van der Waals surface area contributed by atoms with Crippen molar-refractivity contribution in [3.05, 3.63) is 11.8 Å². The Morgan fingerprint density at radius 2 is 2.29 bits per heavy atom. The number of ketones is 1. The standard InChI is InChI=1S/C11H17NO2/c13-8-10-4-2-6-12(10)9-3-1-5-11(14)7-9/h7,10,13H,1-6,8H2. The maximum atomic E-state index is 11.3. The summed E-state index contributed by atoms with van der Waals surface area (Å²) in [5.74, 6) is 0.245. The van der Waals surface area contributed by atoms with E-state index in [2.05, 4.69) is 4.90 Å². The van der Waals surface area contributed by atoms with E-state index in [0.717, 1.165) is 37.9 Å². The number of aliphatic hydroxyl groups is 1. The second-order valence-corrected chi connectivity index (χ2v) is 4.13. The molecule has 0 saturated carbocycles. The van der Waals surface area contributed by atoms with Crippen LogP contribution in [-0.4, -0.2) is 35.0 Å². The third kappa shape index (κ3) is 1.82. The van der Waals surface area contributed by atoms with Crippen LogP contribution in [0.5, 0.6) is 0 Å². The summed E-state index contributed by atoms with van der Waals surface area (Å²) in [5, 5.41) is 9.18. The lowest BCUT2D eigenvalue weighted by atomic mass is 10.0. The first-order chi connectivity index (χ1) is 6.81. The molecule has 2 aliphatic rings. The molecule has 0 aromatic rings. The predicted octanol–water partition coefficient (Wildman–Crippen LogP) is 1.08. The number of hydrogen-bond acceptors (Lipinski definition) is 3. The van der Waals surface area contributed by atoms with Crippen molar-refractivity contribution in [3.8, 4) is 0 Å². The highest BCUT2D eigenvalue weighted by atomic mass is 16.3. The molecule has 3 nitrogen and oxygen atoms in total. The molecule has 0 aromatic carbocycles. The smallest absolute Gasteiger partial charge is 0.157 e. The van der Waals surface area contributed by atoms with Gasteiger partial charge in [-0.15, -0.1) is 0 Å². The van der Waals surface area contributed by atoms with Crippen LogP contribution in [-0.2, 0) is 4.79 Å². The second-order valence-electron chi connectivity index (χ2n) is 4.13. The maximum Gasteiger partial charge on any atom is 0.157 e. The summed E-state index contributed by atoms with van der Waals surface area (Å²) in [6, 6.07) is 0.257. The predicted molar refractivity (Wildman–Crippen MR) is 53.8 cm³/mol. The van der Waals surface area contributed by atoms with Gasteiger partial charge in [-0.05, 0) is 25.7 Å². The van der Waals surface area contributed by atoms with Crippen LogP contribution in [0.3, 0.4) is 0 Å². The van der Waals surface area contributed by atoms with Crippen LogP contribution < -0.4 is 0 Å². The number of carbonyl (C=O) groups excluding carboxylic acids is 1. The van der Waals surface area contributed by atoms with E-state index in [-0.39, 0.29) is 18.4 Å². The fourth-order valence-corrected chi connectivity index (χ4v) is 2.40. The highest BCUT2D eigenvalue weighted by Gasteiger charge is 2.26. The molecule has 1 heterocycles. The normalized spacial score (nSPS) is 28.1. The summed E-state index contributed by atoms with van der Waals surface area (Å²) in [7, 11) is 0. The Kier molecular flexibility index (Phi) is 2.87. The third-order valence-corrected chi connectivity index (χ3v) is 3.14. The van der Waals surface area contributed by atoms with Crippen molar-refractivity contribution in [1.29, 1.82) is 0 Å². The molecule has 14 heavy (non-hydrogen) atoms. The topological polar surface area (TPSA) is 40.5 Å². The van der Waals surface area contributed by atoms with E-state index in [1.54, 1.807) is 6.08 Å². The minimum Gasteiger partial charge on any atom is -0.394 e. The number of aliphatic hydroxyl groups excluding tert-OH is 1. The Balaban J connectivity index is 2.09. The first-order valence-electron chi connectivity index (χ1n) is 5.42. The van der Waals surface area contributed by atoms with Gasteiger partial charge in [0.2, 0.25) is 0 Å². The molecule has 0 aromatic heterocycles. The summed E-state index contributed by atoms with van der Waals surface area (Å²) in [6.45, 7) is 1.22. The number of carbonyl (C=O) groups is 1. The minimum absolute atomic E-state index is 0.214. The molecule has 1 fully saturated rings. The maximum absolute atomic E-state index is 11.3. The van der Waals surface area contributed by atoms with Gasteiger partial charge in [0.15, 0.2) is 5.78 Å². The monoisotopic (exact) mass is 195 g/mol. The zero-order valence-electron chi connectivity index (χ0n) is 8.41. The first kappa shape index (κ1) is 9.71. The Morgan fingerprint density at radius 1 is 1.43 bits per heavy atom. The first-order valence-corrected chi connectivity index (χ1v) is 5.42. The average molecular weight is 195 g/mol. The second kappa shape index (κ2) is 4.13. The van der Waals surface area contributed by atoms with Crippen molar-refractivity contribution in [3.63, 3.8) is 0 Å². The number of likely N-dealkylation sites (tertiary alicyclic amines) is 1. The molecule has 1 aliphatic carbocycles. The van der Waals surface area contributed by atoms with Gasteiger partial charge in [0.1, 0.15) is 0 Å². The van der Waals surface area contributed by atoms with Gasteiger partial charge in [0, 0.05) is 24.7 Å². The van der Waals surface area contributed by atoms with Gasteiger partial charge in [-0.3, -0.25) is 4.79 Å². The van der Waals surface area contributed by atoms with E-state index < -0.39 is 0 Å². The summed E-state index contributed by atoms with van der Waals surface area (Å²) in [6.07, 6.45) is 6.64. The van der Waals surface area contributed by atoms with Gasteiger partial charge in [-0.1, -0.05) is 0 Å². The Morgan fingerprint density at radius 3 is 3.00 bits per heavy atom. The van der Waals surface area contributed by atoms with E-state index in [1.807, 2.05) is 0 Å². The van der Waals surface area contributed by atoms with E-state index >= 15 is 0 Å². The summed E-state index contributed by atoms with van der Waals surface area (Å²) >= 11 is 0. The van der Waals surface area contributed by atoms with Crippen molar-refractivity contribution in [1.82, 2.24) is 4.90 Å². The molecule has 0 amide bonds. The highest BCUT2D eigenvalue weighted by Crippen LogP contribution is 2.27. The van der Waals surface area contributed by atoms with Gasteiger partial charge < -0.3 is 10.0 Å². The molecule has 3 heteroatoms. The van der Waals surface area contributed by atoms with Crippen molar-refractivity contribution >= 4 is 5.78 Å². The fourth-order valence-electron chi connectivity index (χ4n) is 2.40. The van der Waals surface area contributed by atoms with Crippen molar-refractivity contribution in [2.24, 2.45) is 0 Å². The zero-order chi connectivity index (χ0) is 9.97. The van der Waals surface area contributed by atoms with Gasteiger partial charge >= 0.3 is 0 Å². The van der Waals surface area contributed by atoms with E-state index in [9.17, 15) is 9.90 Å². The van der Waals surface area contributed by atoms with Crippen LogP contribution in [0.15, 0.2) is 11.8 Å². The molecule has 0 spiro atoms. The lowest BCUT2D eigenvalue weighted by Crippen LogP contribution is -2.32. The number of rotatable bonds is 2. The average Bonchev–Trinajstić information content (AvgIpc) is 2.65. The Bertz CT molecular complexity index is 260. The van der Waals surface area contributed by atoms with Crippen LogP contribution in [0.2, 0.25) is 0 Å². The summed E-state index contributed by atoms with van der Waals surface area (Å²) in [5.41, 5.74) is 1.15. The van der Waals surface area contributed by atoms with Crippen molar-refractivity contribution < 1.29 is 9.90 Å². The van der Waals surface area contributed by atoms with E-state index in [4.69, 9.17) is 0 Å². The van der Waals surface area contributed by atoms with Crippen LogP contribution >= 0.6 is 0 Å². The number of hydrogen-bond donors (Lipinski definition) is 1. The summed E-state index contributed by atoms with van der Waals surface area (Å²) in [4.78, 5) is 13.5. The molecule has 0 radical (unpaired) electrons. The fraction of sp³-hybridized carbons (Fsp3) is 0.727. The Hall–Kier alpha value is -0.830. The zero-order valence-corrected chi connectivity index (χ0v) is 8.41. The SMILES string of the molecule is O=C1C=C(N2CCCC2CO)CCC1. The minimum atomic E-state index is 0.214. The quantitative estimate of drug-likeness (QED) is 0.716. The van der Waals surface area contributed by atoms with E-state index in [1.165, 1.54) is 0 Å². The molecule has 78 valence electrons. The van der Waals surface area contributed by atoms with Crippen molar-refractivity contribution in [2.75, 3.05) is 13.2 Å². The number of allylic oxidation sites excluding steroid dienone is 2. The lowest BCUT2D eigenvalue weighted by Gasteiger charge is -2.29. The van der Waals surface area contributed by atoms with Crippen LogP contribution in [0, 0.1) is 0 Å². The molecule has 1 unspecified atom stereocenters. The number of nitrogens with zero attached hydrogens (tertiary/aromatic N) is 1. The van der Waals surface area contributed by atoms with Crippen LogP contribution in [0.25, 0.3) is 0 Å². The molecule has 1 atom stereocenters. The van der Waals surface area contributed by atoms with Crippen molar-refractivity contribution in [2.45, 2.75) is 38.1 Å². The largest absolute Gasteiger partial charge is 0.394 e. The van der Waals surface area contributed by atoms with Crippen LogP contribution in [0.4, 0.5) is 0 Å². The third-order valence-electron chi connectivity index (χ3n) is 3.14. The van der Waals surface area contributed by atoms with E-state index in [0.29, 0.717) is 6.42 Å². The molecular formula is C11H17NO2. The molecule has 0 bridgehead atoms. The molecular weight excluding hydrogens is 178 g/mol. The van der Waals surface area contributed by atoms with Gasteiger partial charge in [0.25, 0.3) is 0 Å². The van der Waals surface area contributed by atoms with Crippen LogP contribution in [0.1, 0.15) is 32.1 Å². The molecule has 1 saturated heterocycles. The molecule has 2 rings (SSSR count). The van der Waals surface area contributed by atoms with Gasteiger partial charge in [0.05, 0.1) is 12.6 Å². The molecule has 1 aliphatic heterocycles. The molecule has 1 N–H and O–H groups in total. The highest BCUT2D eigenvalue weighted by molar-refractivity contribution is 5.91. The summed E-state index contributed by atoms with van der Waals surface area (Å²) < 4.78 is 0. The van der Waals surface area contributed by atoms with Gasteiger partial charge in [-0.25, -0.2) is 0 Å².